The highest BCUT2D eigenvalue weighted by atomic mass is 32.1. The average Bonchev–Trinajstić information content (AvgIpc) is 2.88. The maximum absolute atomic E-state index is 9.58. The Kier molecular flexibility index (Phi) is 3.78. The van der Waals surface area contributed by atoms with Gasteiger partial charge in [-0.25, -0.2) is 4.98 Å². The van der Waals surface area contributed by atoms with Crippen molar-refractivity contribution in [1.82, 2.24) is 9.88 Å². The van der Waals surface area contributed by atoms with Crippen LogP contribution >= 0.6 is 11.3 Å². The van der Waals surface area contributed by atoms with E-state index in [-0.39, 0.29) is 0 Å². The highest BCUT2D eigenvalue weighted by Gasteiger charge is 2.34. The van der Waals surface area contributed by atoms with Crippen molar-refractivity contribution >= 4 is 16.5 Å². The molecule has 0 aliphatic carbocycles. The smallest absolute Gasteiger partial charge is 0.185 e. The van der Waals surface area contributed by atoms with Crippen LogP contribution in [0, 0.1) is 5.92 Å². The summed E-state index contributed by atoms with van der Waals surface area (Å²) in [6.45, 7) is 5.26. The Balaban J connectivity index is 1.70. The third-order valence-electron chi connectivity index (χ3n) is 4.55. The van der Waals surface area contributed by atoms with Crippen molar-refractivity contribution in [3.8, 4) is 0 Å². The predicted molar refractivity (Wildman–Crippen MR) is 78.7 cm³/mol. The van der Waals surface area contributed by atoms with Crippen molar-refractivity contribution in [3.63, 3.8) is 0 Å². The van der Waals surface area contributed by atoms with Gasteiger partial charge in [-0.05, 0) is 45.7 Å². The fraction of sp³-hybridized carbons (Fsp3) is 0.786. The van der Waals surface area contributed by atoms with Gasteiger partial charge in [0.05, 0.1) is 11.8 Å². The van der Waals surface area contributed by atoms with E-state index in [4.69, 9.17) is 0 Å². The summed E-state index contributed by atoms with van der Waals surface area (Å²) in [5.41, 5.74) is 0.808. The second-order valence-electron chi connectivity index (χ2n) is 5.92. The van der Waals surface area contributed by atoms with E-state index >= 15 is 0 Å². The zero-order chi connectivity index (χ0) is 13.4. The van der Waals surface area contributed by atoms with Crippen LogP contribution in [0.15, 0.2) is 5.38 Å². The highest BCUT2D eigenvalue weighted by molar-refractivity contribution is 7.13. The third kappa shape index (κ3) is 2.64. The minimum Gasteiger partial charge on any atom is -0.387 e. The van der Waals surface area contributed by atoms with Crippen molar-refractivity contribution in [2.24, 2.45) is 5.92 Å². The summed E-state index contributed by atoms with van der Waals surface area (Å²) in [5.74, 6) is 0.784. The number of fused-ring (bicyclic) bond motifs is 1. The molecule has 0 spiro atoms. The van der Waals surface area contributed by atoms with Crippen molar-refractivity contribution in [1.29, 1.82) is 0 Å². The molecule has 3 unspecified atom stereocenters. The Hall–Kier alpha value is -0.650. The van der Waals surface area contributed by atoms with E-state index in [1.54, 1.807) is 18.3 Å². The fourth-order valence-electron chi connectivity index (χ4n) is 3.44. The van der Waals surface area contributed by atoms with Gasteiger partial charge in [0.25, 0.3) is 0 Å². The minimum absolute atomic E-state index is 0.455. The molecule has 3 heterocycles. The standard InChI is InChI=1S/C14H23N3OS/c1-10(18)12-9-19-14(15-12)17-7-5-13-11(8-17)4-3-6-16(13)2/h9-11,13,18H,3-8H2,1-2H3. The zero-order valence-electron chi connectivity index (χ0n) is 11.7. The SMILES string of the molecule is CC(O)c1csc(N2CCC3C(CCCN3C)C2)n1. The molecule has 3 atom stereocenters. The second kappa shape index (κ2) is 5.38. The molecule has 1 N–H and O–H groups in total. The topological polar surface area (TPSA) is 39.6 Å². The summed E-state index contributed by atoms with van der Waals surface area (Å²) in [7, 11) is 2.27. The lowest BCUT2D eigenvalue weighted by atomic mass is 9.84. The summed E-state index contributed by atoms with van der Waals surface area (Å²) in [5, 5.41) is 12.6. The summed E-state index contributed by atoms with van der Waals surface area (Å²) in [4.78, 5) is 9.52. The summed E-state index contributed by atoms with van der Waals surface area (Å²) in [6, 6.07) is 0.765. The summed E-state index contributed by atoms with van der Waals surface area (Å²) >= 11 is 1.67. The van der Waals surface area contributed by atoms with E-state index in [9.17, 15) is 5.11 Å². The first kappa shape index (κ1) is 13.3. The van der Waals surface area contributed by atoms with Gasteiger partial charge in [-0.2, -0.15) is 0 Å². The number of likely N-dealkylation sites (tertiary alicyclic amines) is 1. The van der Waals surface area contributed by atoms with Crippen LogP contribution in [0.4, 0.5) is 5.13 Å². The predicted octanol–water partition coefficient (Wildman–Crippen LogP) is 2.12. The molecule has 0 radical (unpaired) electrons. The first-order valence-electron chi connectivity index (χ1n) is 7.24. The lowest BCUT2D eigenvalue weighted by molar-refractivity contribution is 0.102. The van der Waals surface area contributed by atoms with Crippen LogP contribution in [0.25, 0.3) is 0 Å². The number of hydrogen-bond donors (Lipinski definition) is 1. The quantitative estimate of drug-likeness (QED) is 0.901. The molecule has 1 aromatic heterocycles. The van der Waals surface area contributed by atoms with Crippen molar-refractivity contribution in [3.05, 3.63) is 11.1 Å². The number of thiazole rings is 1. The van der Waals surface area contributed by atoms with Gasteiger partial charge >= 0.3 is 0 Å². The van der Waals surface area contributed by atoms with E-state index in [2.05, 4.69) is 21.8 Å². The lowest BCUT2D eigenvalue weighted by Crippen LogP contribution is -2.52. The van der Waals surface area contributed by atoms with Crippen LogP contribution in [0.3, 0.4) is 0 Å². The highest BCUT2D eigenvalue weighted by Crippen LogP contribution is 2.33. The van der Waals surface area contributed by atoms with Gasteiger partial charge in [-0.15, -0.1) is 11.3 Å². The molecule has 1 aromatic rings. The molecule has 0 amide bonds. The monoisotopic (exact) mass is 281 g/mol. The van der Waals surface area contributed by atoms with Crippen LogP contribution in [0.2, 0.25) is 0 Å². The number of nitrogens with zero attached hydrogens (tertiary/aromatic N) is 3. The van der Waals surface area contributed by atoms with Gasteiger partial charge in [0.15, 0.2) is 5.13 Å². The maximum atomic E-state index is 9.58. The lowest BCUT2D eigenvalue weighted by Gasteiger charge is -2.45. The van der Waals surface area contributed by atoms with E-state index in [1.165, 1.54) is 25.8 Å². The number of aliphatic hydroxyl groups excluding tert-OH is 1. The molecule has 3 rings (SSSR count). The van der Waals surface area contributed by atoms with E-state index in [0.717, 1.165) is 35.9 Å². The van der Waals surface area contributed by atoms with Crippen molar-refractivity contribution in [2.75, 3.05) is 31.6 Å². The molecule has 2 aliphatic rings. The summed E-state index contributed by atoms with van der Waals surface area (Å²) in [6.07, 6.45) is 3.45. The largest absolute Gasteiger partial charge is 0.387 e. The van der Waals surface area contributed by atoms with Crippen LogP contribution in [0.1, 0.15) is 38.0 Å². The molecular weight excluding hydrogens is 258 g/mol. The van der Waals surface area contributed by atoms with Crippen molar-refractivity contribution < 1.29 is 5.11 Å². The Morgan fingerprint density at radius 1 is 1.42 bits per heavy atom. The molecule has 106 valence electrons. The van der Waals surface area contributed by atoms with Crippen LogP contribution in [-0.2, 0) is 0 Å². The average molecular weight is 281 g/mol. The fourth-order valence-corrected chi connectivity index (χ4v) is 4.39. The van der Waals surface area contributed by atoms with Gasteiger partial charge in [-0.3, -0.25) is 0 Å². The van der Waals surface area contributed by atoms with Gasteiger partial charge in [0, 0.05) is 24.5 Å². The molecule has 2 aliphatic heterocycles. The number of aromatic nitrogens is 1. The van der Waals surface area contributed by atoms with Crippen LogP contribution in [0.5, 0.6) is 0 Å². The van der Waals surface area contributed by atoms with Gasteiger partial charge in [0.1, 0.15) is 0 Å². The molecule has 0 saturated carbocycles. The zero-order valence-corrected chi connectivity index (χ0v) is 12.6. The Bertz CT molecular complexity index is 434. The third-order valence-corrected chi connectivity index (χ3v) is 5.47. The Labute approximate surface area is 119 Å². The Morgan fingerprint density at radius 3 is 3.00 bits per heavy atom. The Morgan fingerprint density at radius 2 is 2.26 bits per heavy atom. The van der Waals surface area contributed by atoms with E-state index in [0.29, 0.717) is 0 Å². The summed E-state index contributed by atoms with van der Waals surface area (Å²) < 4.78 is 0. The second-order valence-corrected chi connectivity index (χ2v) is 6.75. The van der Waals surface area contributed by atoms with Gasteiger partial charge in [-0.1, -0.05) is 0 Å². The number of aliphatic hydroxyl groups is 1. The minimum atomic E-state index is -0.455. The van der Waals surface area contributed by atoms with E-state index < -0.39 is 6.10 Å². The van der Waals surface area contributed by atoms with E-state index in [1.807, 2.05) is 5.38 Å². The first-order chi connectivity index (χ1) is 9.15. The maximum Gasteiger partial charge on any atom is 0.185 e. The van der Waals surface area contributed by atoms with Crippen LogP contribution in [-0.4, -0.2) is 47.7 Å². The number of anilines is 1. The van der Waals surface area contributed by atoms with Gasteiger partial charge in [0.2, 0.25) is 0 Å². The molecule has 0 bridgehead atoms. The molecule has 19 heavy (non-hydrogen) atoms. The number of piperidine rings is 2. The molecular formula is C14H23N3OS. The normalized spacial score (nSPS) is 30.2. The molecule has 0 aromatic carbocycles. The first-order valence-corrected chi connectivity index (χ1v) is 8.12. The number of rotatable bonds is 2. The van der Waals surface area contributed by atoms with Gasteiger partial charge < -0.3 is 14.9 Å². The van der Waals surface area contributed by atoms with Crippen molar-refractivity contribution in [2.45, 2.75) is 38.3 Å². The number of hydrogen-bond acceptors (Lipinski definition) is 5. The molecule has 5 heteroatoms. The molecule has 2 saturated heterocycles. The molecule has 2 fully saturated rings. The van der Waals surface area contributed by atoms with Crippen LogP contribution < -0.4 is 4.90 Å². The molecule has 4 nitrogen and oxygen atoms in total.